The Labute approximate surface area is 117 Å². The Hall–Kier alpha value is -1.75. The van der Waals surface area contributed by atoms with Gasteiger partial charge in [-0.25, -0.2) is 0 Å². The molecule has 0 bridgehead atoms. The second kappa shape index (κ2) is 6.99. The number of hydrogen-bond donors (Lipinski definition) is 2. The first-order valence-corrected chi connectivity index (χ1v) is 6.49. The number of anilines is 1. The molecule has 5 nitrogen and oxygen atoms in total. The zero-order valence-electron chi connectivity index (χ0n) is 11.1. The van der Waals surface area contributed by atoms with Crippen molar-refractivity contribution in [2.75, 3.05) is 25.4 Å². The fourth-order valence-corrected chi connectivity index (χ4v) is 1.85. The van der Waals surface area contributed by atoms with Gasteiger partial charge in [0.05, 0.1) is 22.8 Å². The van der Waals surface area contributed by atoms with Crippen molar-refractivity contribution in [3.8, 4) is 0 Å². The van der Waals surface area contributed by atoms with Gasteiger partial charge >= 0.3 is 0 Å². The number of carbonyl (C=O) groups excluding carboxylic acids is 2. The van der Waals surface area contributed by atoms with Crippen LogP contribution in [0.15, 0.2) is 18.2 Å². The maximum absolute atomic E-state index is 12.3. The third kappa shape index (κ3) is 3.86. The van der Waals surface area contributed by atoms with Gasteiger partial charge in [-0.3, -0.25) is 9.59 Å². The molecule has 0 aliphatic carbocycles. The molecule has 3 N–H and O–H groups in total. The number of likely N-dealkylation sites (N-methyl/N-ethyl adjacent to an activating group) is 2. The molecule has 0 saturated heterocycles. The Kier molecular flexibility index (Phi) is 5.63. The smallest absolute Gasteiger partial charge is 0.255 e. The summed E-state index contributed by atoms with van der Waals surface area (Å²) in [5.41, 5.74) is 6.33. The largest absolute Gasteiger partial charge is 0.398 e. The van der Waals surface area contributed by atoms with E-state index in [0.717, 1.165) is 0 Å². The highest BCUT2D eigenvalue weighted by Crippen LogP contribution is 2.24. The molecular formula is C13H18ClN3O2. The van der Waals surface area contributed by atoms with Gasteiger partial charge in [-0.1, -0.05) is 17.7 Å². The number of nitrogens with zero attached hydrogens (tertiary/aromatic N) is 1. The van der Waals surface area contributed by atoms with Gasteiger partial charge in [-0.05, 0) is 26.0 Å². The highest BCUT2D eigenvalue weighted by Gasteiger charge is 2.20. The Balaban J connectivity index is 2.89. The molecule has 0 radical (unpaired) electrons. The molecule has 1 aromatic rings. The van der Waals surface area contributed by atoms with Gasteiger partial charge in [0.1, 0.15) is 0 Å². The van der Waals surface area contributed by atoms with Crippen LogP contribution in [-0.4, -0.2) is 36.3 Å². The van der Waals surface area contributed by atoms with Gasteiger partial charge in [0, 0.05) is 13.1 Å². The predicted molar refractivity (Wildman–Crippen MR) is 76.1 cm³/mol. The van der Waals surface area contributed by atoms with Gasteiger partial charge in [0.2, 0.25) is 5.91 Å². The molecular weight excluding hydrogens is 266 g/mol. The Bertz CT molecular complexity index is 477. The lowest BCUT2D eigenvalue weighted by atomic mass is 10.1. The summed E-state index contributed by atoms with van der Waals surface area (Å²) in [6.45, 7) is 4.58. The van der Waals surface area contributed by atoms with Gasteiger partial charge in [0.15, 0.2) is 0 Å². The van der Waals surface area contributed by atoms with E-state index in [0.29, 0.717) is 24.3 Å². The Morgan fingerprint density at radius 2 is 2.05 bits per heavy atom. The molecule has 0 spiro atoms. The van der Waals surface area contributed by atoms with Crippen LogP contribution in [0.3, 0.4) is 0 Å². The first-order valence-electron chi connectivity index (χ1n) is 6.11. The van der Waals surface area contributed by atoms with Crippen molar-refractivity contribution in [2.45, 2.75) is 13.8 Å². The molecule has 0 unspecified atom stereocenters. The van der Waals surface area contributed by atoms with Crippen LogP contribution >= 0.6 is 11.6 Å². The fourth-order valence-electron chi connectivity index (χ4n) is 1.64. The Morgan fingerprint density at radius 3 is 2.63 bits per heavy atom. The van der Waals surface area contributed by atoms with Crippen LogP contribution in [0.5, 0.6) is 0 Å². The highest BCUT2D eigenvalue weighted by atomic mass is 35.5. The number of benzene rings is 1. The van der Waals surface area contributed by atoms with Crippen LogP contribution in [0.2, 0.25) is 5.02 Å². The molecule has 6 heteroatoms. The number of nitrogens with one attached hydrogen (secondary N) is 1. The average molecular weight is 284 g/mol. The summed E-state index contributed by atoms with van der Waals surface area (Å²) in [7, 11) is 0. The van der Waals surface area contributed by atoms with E-state index in [-0.39, 0.29) is 23.4 Å². The van der Waals surface area contributed by atoms with E-state index in [4.69, 9.17) is 17.3 Å². The number of carbonyl (C=O) groups is 2. The zero-order chi connectivity index (χ0) is 14.4. The number of halogens is 1. The molecule has 1 aromatic carbocycles. The van der Waals surface area contributed by atoms with Crippen LogP contribution in [0, 0.1) is 0 Å². The van der Waals surface area contributed by atoms with Gasteiger partial charge in [0.25, 0.3) is 5.91 Å². The minimum atomic E-state index is -0.300. The van der Waals surface area contributed by atoms with Crippen LogP contribution in [0.1, 0.15) is 24.2 Å². The minimum absolute atomic E-state index is 0.00824. The van der Waals surface area contributed by atoms with E-state index in [9.17, 15) is 9.59 Å². The molecule has 0 fully saturated rings. The number of rotatable bonds is 5. The lowest BCUT2D eigenvalue weighted by Gasteiger charge is -2.21. The van der Waals surface area contributed by atoms with E-state index in [1.165, 1.54) is 4.90 Å². The maximum Gasteiger partial charge on any atom is 0.255 e. The maximum atomic E-state index is 12.3. The second-order valence-corrected chi connectivity index (χ2v) is 4.36. The quantitative estimate of drug-likeness (QED) is 0.805. The molecule has 0 saturated carbocycles. The fraction of sp³-hybridized carbons (Fsp3) is 0.385. The van der Waals surface area contributed by atoms with Crippen LogP contribution < -0.4 is 11.1 Å². The predicted octanol–water partition coefficient (Wildman–Crippen LogP) is 1.52. The lowest BCUT2D eigenvalue weighted by molar-refractivity contribution is -0.121. The first kappa shape index (κ1) is 15.3. The molecule has 0 aliphatic heterocycles. The Morgan fingerprint density at radius 1 is 1.37 bits per heavy atom. The van der Waals surface area contributed by atoms with E-state index < -0.39 is 0 Å². The van der Waals surface area contributed by atoms with E-state index in [2.05, 4.69) is 5.32 Å². The highest BCUT2D eigenvalue weighted by molar-refractivity contribution is 6.36. The summed E-state index contributed by atoms with van der Waals surface area (Å²) in [4.78, 5) is 25.3. The molecule has 1 rings (SSSR count). The van der Waals surface area contributed by atoms with Crippen LogP contribution in [-0.2, 0) is 4.79 Å². The lowest BCUT2D eigenvalue weighted by Crippen LogP contribution is -2.40. The molecule has 0 atom stereocenters. The van der Waals surface area contributed by atoms with Crippen molar-refractivity contribution in [2.24, 2.45) is 0 Å². The normalized spacial score (nSPS) is 10.1. The van der Waals surface area contributed by atoms with Crippen molar-refractivity contribution in [1.29, 1.82) is 0 Å². The SMILES string of the molecule is CCNC(=O)CN(CC)C(=O)c1cccc(N)c1Cl. The number of hydrogen-bond acceptors (Lipinski definition) is 3. The monoisotopic (exact) mass is 283 g/mol. The summed E-state index contributed by atoms with van der Waals surface area (Å²) < 4.78 is 0. The summed E-state index contributed by atoms with van der Waals surface area (Å²) >= 11 is 6.01. The third-order valence-corrected chi connectivity index (χ3v) is 3.06. The zero-order valence-corrected chi connectivity index (χ0v) is 11.8. The molecule has 19 heavy (non-hydrogen) atoms. The van der Waals surface area contributed by atoms with Crippen LogP contribution in [0.25, 0.3) is 0 Å². The molecule has 0 aliphatic rings. The minimum Gasteiger partial charge on any atom is -0.398 e. The number of nitrogen functional groups attached to an aromatic ring is 1. The summed E-state index contributed by atoms with van der Waals surface area (Å²) in [5, 5.41) is 2.88. The van der Waals surface area contributed by atoms with E-state index in [1.807, 2.05) is 6.92 Å². The van der Waals surface area contributed by atoms with Crippen molar-refractivity contribution < 1.29 is 9.59 Å². The molecule has 104 valence electrons. The summed E-state index contributed by atoms with van der Waals surface area (Å²) in [5.74, 6) is -0.497. The third-order valence-electron chi connectivity index (χ3n) is 2.64. The standard InChI is InChI=1S/C13H18ClN3O2/c1-3-16-11(18)8-17(4-2)13(19)9-6-5-7-10(15)12(9)14/h5-7H,3-4,8,15H2,1-2H3,(H,16,18). The van der Waals surface area contributed by atoms with Crippen molar-refractivity contribution in [3.63, 3.8) is 0 Å². The van der Waals surface area contributed by atoms with E-state index >= 15 is 0 Å². The van der Waals surface area contributed by atoms with E-state index in [1.54, 1.807) is 25.1 Å². The van der Waals surface area contributed by atoms with Crippen molar-refractivity contribution in [1.82, 2.24) is 10.2 Å². The summed E-state index contributed by atoms with van der Waals surface area (Å²) in [6.07, 6.45) is 0. The van der Waals surface area contributed by atoms with Gasteiger partial charge in [-0.15, -0.1) is 0 Å². The van der Waals surface area contributed by atoms with Crippen molar-refractivity contribution in [3.05, 3.63) is 28.8 Å². The van der Waals surface area contributed by atoms with Gasteiger partial charge < -0.3 is 16.0 Å². The first-order chi connectivity index (χ1) is 9.01. The molecule has 2 amide bonds. The van der Waals surface area contributed by atoms with Crippen molar-refractivity contribution >= 4 is 29.1 Å². The topological polar surface area (TPSA) is 75.4 Å². The van der Waals surface area contributed by atoms with Gasteiger partial charge in [-0.2, -0.15) is 0 Å². The molecule has 0 aromatic heterocycles. The number of nitrogens with two attached hydrogens (primary N) is 1. The summed E-state index contributed by atoms with van der Waals surface area (Å²) in [6, 6.07) is 4.88. The number of amides is 2. The average Bonchev–Trinajstić information content (AvgIpc) is 2.39. The second-order valence-electron chi connectivity index (χ2n) is 3.98. The van der Waals surface area contributed by atoms with Crippen LogP contribution in [0.4, 0.5) is 5.69 Å². The molecule has 0 heterocycles.